The first-order chi connectivity index (χ1) is 16.2. The third-order valence-electron chi connectivity index (χ3n) is 6.22. The summed E-state index contributed by atoms with van der Waals surface area (Å²) < 4.78 is 7.44. The number of benzene rings is 2. The van der Waals surface area contributed by atoms with E-state index < -0.39 is 5.54 Å². The van der Waals surface area contributed by atoms with Gasteiger partial charge in [-0.25, -0.2) is 0 Å². The molecule has 0 aliphatic carbocycles. The Morgan fingerprint density at radius 2 is 1.82 bits per heavy atom. The Morgan fingerprint density at radius 3 is 2.53 bits per heavy atom. The summed E-state index contributed by atoms with van der Waals surface area (Å²) in [7, 11) is 1.57. The van der Waals surface area contributed by atoms with Crippen molar-refractivity contribution in [1.82, 2.24) is 14.4 Å². The molecule has 2 aromatic carbocycles. The van der Waals surface area contributed by atoms with Crippen molar-refractivity contribution in [2.24, 2.45) is 0 Å². The highest BCUT2D eigenvalue weighted by atomic mass is 35.5. The third-order valence-corrected chi connectivity index (χ3v) is 6.57. The molecule has 0 saturated carbocycles. The number of hydrogen-bond donors (Lipinski definition) is 0. The summed E-state index contributed by atoms with van der Waals surface area (Å²) in [6.45, 7) is 6.99. The molecule has 1 aliphatic heterocycles. The molecule has 0 bridgehead atoms. The SMILES string of the molecule is COc1cccc(C(=O)N(CC(=O)N2CCn3cccc3[C@@H]2c2ccccc2Cl)C(C)(C)C)c1. The average molecular weight is 480 g/mol. The van der Waals surface area contributed by atoms with Crippen molar-refractivity contribution in [1.29, 1.82) is 0 Å². The summed E-state index contributed by atoms with van der Waals surface area (Å²) in [4.78, 5) is 30.8. The highest BCUT2D eigenvalue weighted by molar-refractivity contribution is 6.31. The van der Waals surface area contributed by atoms with Crippen LogP contribution in [0.15, 0.2) is 66.9 Å². The van der Waals surface area contributed by atoms with Gasteiger partial charge in [0.2, 0.25) is 5.91 Å². The quantitative estimate of drug-likeness (QED) is 0.516. The summed E-state index contributed by atoms with van der Waals surface area (Å²) in [6.07, 6.45) is 2.02. The number of nitrogens with zero attached hydrogens (tertiary/aromatic N) is 3. The molecule has 1 atom stereocenters. The van der Waals surface area contributed by atoms with Crippen LogP contribution in [0.25, 0.3) is 0 Å². The number of halogens is 1. The molecule has 0 radical (unpaired) electrons. The molecule has 0 N–H and O–H groups in total. The molecule has 7 heteroatoms. The molecule has 34 heavy (non-hydrogen) atoms. The van der Waals surface area contributed by atoms with Crippen LogP contribution in [0.4, 0.5) is 0 Å². The Morgan fingerprint density at radius 1 is 1.06 bits per heavy atom. The number of hydrogen-bond acceptors (Lipinski definition) is 3. The number of carbonyl (C=O) groups is 2. The van der Waals surface area contributed by atoms with Gasteiger partial charge in [0.1, 0.15) is 12.3 Å². The third kappa shape index (κ3) is 4.68. The molecule has 1 aromatic heterocycles. The van der Waals surface area contributed by atoms with Crippen LogP contribution in [-0.2, 0) is 11.3 Å². The number of aromatic nitrogens is 1. The maximum absolute atomic E-state index is 13.8. The fourth-order valence-electron chi connectivity index (χ4n) is 4.43. The maximum Gasteiger partial charge on any atom is 0.254 e. The molecule has 4 rings (SSSR count). The maximum atomic E-state index is 13.8. The van der Waals surface area contributed by atoms with Gasteiger partial charge in [-0.2, -0.15) is 0 Å². The summed E-state index contributed by atoms with van der Waals surface area (Å²) >= 11 is 6.57. The van der Waals surface area contributed by atoms with E-state index in [0.29, 0.717) is 29.4 Å². The lowest BCUT2D eigenvalue weighted by atomic mass is 9.99. The zero-order valence-corrected chi connectivity index (χ0v) is 20.7. The van der Waals surface area contributed by atoms with Gasteiger partial charge in [-0.05, 0) is 62.7 Å². The van der Waals surface area contributed by atoms with Gasteiger partial charge >= 0.3 is 0 Å². The number of amides is 2. The molecule has 1 aliphatic rings. The van der Waals surface area contributed by atoms with E-state index in [9.17, 15) is 9.59 Å². The second kappa shape index (κ2) is 9.55. The van der Waals surface area contributed by atoms with Crippen LogP contribution in [0.2, 0.25) is 5.02 Å². The Labute approximate surface area is 205 Å². The minimum atomic E-state index is -0.564. The van der Waals surface area contributed by atoms with Gasteiger partial charge in [-0.1, -0.05) is 35.9 Å². The first-order valence-electron chi connectivity index (χ1n) is 11.4. The van der Waals surface area contributed by atoms with Gasteiger partial charge in [-0.15, -0.1) is 0 Å². The van der Waals surface area contributed by atoms with Crippen molar-refractivity contribution in [3.05, 3.63) is 88.7 Å². The molecule has 2 amide bonds. The highest BCUT2D eigenvalue weighted by Gasteiger charge is 2.36. The molecule has 0 fully saturated rings. The predicted octanol–water partition coefficient (Wildman–Crippen LogP) is 5.02. The molecule has 0 saturated heterocycles. The van der Waals surface area contributed by atoms with E-state index in [1.165, 1.54) is 0 Å². The van der Waals surface area contributed by atoms with Gasteiger partial charge in [0.25, 0.3) is 5.91 Å². The smallest absolute Gasteiger partial charge is 0.254 e. The fraction of sp³-hybridized carbons (Fsp3) is 0.333. The summed E-state index contributed by atoms with van der Waals surface area (Å²) in [6, 6.07) is 18.3. The highest BCUT2D eigenvalue weighted by Crippen LogP contribution is 2.36. The van der Waals surface area contributed by atoms with E-state index in [0.717, 1.165) is 11.3 Å². The molecule has 2 heterocycles. The van der Waals surface area contributed by atoms with Crippen LogP contribution < -0.4 is 4.74 Å². The Kier molecular flexibility index (Phi) is 6.71. The van der Waals surface area contributed by atoms with Crippen molar-refractivity contribution in [3.8, 4) is 5.75 Å². The van der Waals surface area contributed by atoms with Crippen LogP contribution in [-0.4, -0.2) is 51.9 Å². The largest absolute Gasteiger partial charge is 0.497 e. The summed E-state index contributed by atoms with van der Waals surface area (Å²) in [5.41, 5.74) is 1.80. The van der Waals surface area contributed by atoms with Gasteiger partial charge in [0.05, 0.1) is 13.2 Å². The van der Waals surface area contributed by atoms with Gasteiger partial charge < -0.3 is 19.1 Å². The first kappa shape index (κ1) is 23.9. The van der Waals surface area contributed by atoms with Gasteiger partial charge in [0, 0.05) is 41.1 Å². The molecule has 0 unspecified atom stereocenters. The van der Waals surface area contributed by atoms with Gasteiger partial charge in [-0.3, -0.25) is 9.59 Å². The normalized spacial score (nSPS) is 15.6. The topological polar surface area (TPSA) is 54.8 Å². The average Bonchev–Trinajstić information content (AvgIpc) is 3.30. The summed E-state index contributed by atoms with van der Waals surface area (Å²) in [5, 5.41) is 0.611. The molecule has 178 valence electrons. The van der Waals surface area contributed by atoms with Crippen molar-refractivity contribution in [2.75, 3.05) is 20.2 Å². The van der Waals surface area contributed by atoms with E-state index in [1.54, 1.807) is 36.3 Å². The Bertz CT molecular complexity index is 1200. The van der Waals surface area contributed by atoms with E-state index >= 15 is 0 Å². The van der Waals surface area contributed by atoms with Crippen molar-refractivity contribution >= 4 is 23.4 Å². The number of ether oxygens (including phenoxy) is 1. The molecule has 0 spiro atoms. The number of carbonyl (C=O) groups excluding carboxylic acids is 2. The Balaban J connectivity index is 1.67. The minimum Gasteiger partial charge on any atom is -0.497 e. The molecule has 3 aromatic rings. The van der Waals surface area contributed by atoms with Gasteiger partial charge in [0.15, 0.2) is 0 Å². The predicted molar refractivity (Wildman–Crippen MR) is 133 cm³/mol. The zero-order valence-electron chi connectivity index (χ0n) is 20.0. The van der Waals surface area contributed by atoms with Crippen LogP contribution in [0.1, 0.15) is 48.4 Å². The van der Waals surface area contributed by atoms with Crippen molar-refractivity contribution in [2.45, 2.75) is 38.9 Å². The van der Waals surface area contributed by atoms with Crippen LogP contribution in [0.5, 0.6) is 5.75 Å². The number of fused-ring (bicyclic) bond motifs is 1. The minimum absolute atomic E-state index is 0.0405. The lowest BCUT2D eigenvalue weighted by Gasteiger charge is -2.41. The number of methoxy groups -OCH3 is 1. The summed E-state index contributed by atoms with van der Waals surface area (Å²) in [5.74, 6) is 0.264. The lowest BCUT2D eigenvalue weighted by molar-refractivity contribution is -0.135. The van der Waals surface area contributed by atoms with Crippen LogP contribution in [0.3, 0.4) is 0 Å². The van der Waals surface area contributed by atoms with E-state index in [2.05, 4.69) is 4.57 Å². The molecular weight excluding hydrogens is 450 g/mol. The lowest BCUT2D eigenvalue weighted by Crippen LogP contribution is -2.53. The second-order valence-electron chi connectivity index (χ2n) is 9.43. The molecular formula is C27H30ClN3O3. The fourth-order valence-corrected chi connectivity index (χ4v) is 4.67. The van der Waals surface area contributed by atoms with Crippen LogP contribution >= 0.6 is 11.6 Å². The first-order valence-corrected chi connectivity index (χ1v) is 11.7. The molecule has 6 nitrogen and oxygen atoms in total. The standard InChI is InChI=1S/C27H30ClN3O3/c1-27(2,3)31(26(33)19-9-7-10-20(17-19)34-4)18-24(32)30-16-15-29-14-8-13-23(29)25(30)21-11-5-6-12-22(21)28/h5-14,17,25H,15-16,18H2,1-4H3/t25-/m0/s1. The van der Waals surface area contributed by atoms with E-state index in [-0.39, 0.29) is 24.4 Å². The zero-order chi connectivity index (χ0) is 24.5. The van der Waals surface area contributed by atoms with Crippen LogP contribution in [0, 0.1) is 0 Å². The number of rotatable bonds is 5. The Hall–Kier alpha value is -3.25. The van der Waals surface area contributed by atoms with Crippen molar-refractivity contribution in [3.63, 3.8) is 0 Å². The van der Waals surface area contributed by atoms with E-state index in [4.69, 9.17) is 16.3 Å². The monoisotopic (exact) mass is 479 g/mol. The van der Waals surface area contributed by atoms with E-state index in [1.807, 2.05) is 68.3 Å². The van der Waals surface area contributed by atoms with Crippen molar-refractivity contribution < 1.29 is 14.3 Å². The second-order valence-corrected chi connectivity index (χ2v) is 9.84.